The Labute approximate surface area is 112 Å². The molecule has 0 saturated carbocycles. The first-order chi connectivity index (χ1) is 8.88. The molecule has 3 rings (SSSR count). The molecule has 1 saturated heterocycles. The van der Waals surface area contributed by atoms with Crippen LogP contribution in [0.4, 0.5) is 0 Å². The summed E-state index contributed by atoms with van der Waals surface area (Å²) in [5.74, 6) is 0. The molecule has 1 aliphatic rings. The highest BCUT2D eigenvalue weighted by Crippen LogP contribution is 2.05. The molecule has 0 amide bonds. The van der Waals surface area contributed by atoms with E-state index in [4.69, 9.17) is 12.6 Å². The van der Waals surface area contributed by atoms with Crippen molar-refractivity contribution in [2.75, 3.05) is 13.1 Å². The van der Waals surface area contributed by atoms with Crippen molar-refractivity contribution in [2.45, 2.75) is 24.4 Å². The zero-order chi connectivity index (χ0) is 12.6. The predicted molar refractivity (Wildman–Crippen MR) is 70.3 cm³/mol. The van der Waals surface area contributed by atoms with E-state index in [0.29, 0.717) is 5.16 Å². The lowest BCUT2D eigenvalue weighted by molar-refractivity contribution is -0.662. The van der Waals surface area contributed by atoms with E-state index in [1.165, 1.54) is 37.0 Å². The highest BCUT2D eigenvalue weighted by Gasteiger charge is 1.97. The minimum absolute atomic E-state index is 0.376. The summed E-state index contributed by atoms with van der Waals surface area (Å²) in [5, 5.41) is 13.6. The standard InChI is InChI=1S/C7H6N4S.C5H11N/c12-7-8-9-10-11(7)6-4-2-1-3-5-6;1-2-4-6-5-3-1/h1-5H,(H,8,10,12);6H,1-5H2. The molecule has 2 N–H and O–H groups in total. The molecule has 0 spiro atoms. The Bertz CT molecular complexity index is 441. The lowest BCUT2D eigenvalue weighted by Crippen LogP contribution is -2.85. The van der Waals surface area contributed by atoms with Crippen molar-refractivity contribution in [1.29, 1.82) is 0 Å². The third-order valence-electron chi connectivity index (χ3n) is 2.76. The number of benzene rings is 1. The van der Waals surface area contributed by atoms with Gasteiger partial charge in [-0.15, -0.1) is 5.10 Å². The lowest BCUT2D eigenvalue weighted by Gasteiger charge is -2.05. The van der Waals surface area contributed by atoms with Gasteiger partial charge in [-0.2, -0.15) is 0 Å². The van der Waals surface area contributed by atoms with Crippen molar-refractivity contribution in [3.8, 4) is 5.69 Å². The molecule has 1 aliphatic heterocycles. The third-order valence-corrected chi connectivity index (χ3v) is 3.01. The summed E-state index contributed by atoms with van der Waals surface area (Å²) >= 11 is 4.89. The van der Waals surface area contributed by atoms with Crippen LogP contribution >= 0.6 is 0 Å². The lowest BCUT2D eigenvalue weighted by atomic mass is 10.2. The molecule has 96 valence electrons. The number of nitrogens with zero attached hydrogens (tertiary/aromatic N) is 4. The normalized spacial score (nSPS) is 14.7. The Kier molecular flexibility index (Phi) is 5.04. The number of rotatable bonds is 1. The summed E-state index contributed by atoms with van der Waals surface area (Å²) < 4.78 is 1.51. The number of tetrazole rings is 1. The maximum absolute atomic E-state index is 4.89. The Morgan fingerprint density at radius 1 is 1.06 bits per heavy atom. The van der Waals surface area contributed by atoms with E-state index < -0.39 is 0 Å². The van der Waals surface area contributed by atoms with Gasteiger partial charge in [0.05, 0.1) is 18.8 Å². The molecule has 1 aromatic heterocycles. The van der Waals surface area contributed by atoms with Gasteiger partial charge in [0.25, 0.3) is 0 Å². The molecule has 2 heterocycles. The molecule has 18 heavy (non-hydrogen) atoms. The Balaban J connectivity index is 0.000000169. The first-order valence-electron chi connectivity index (χ1n) is 6.20. The van der Waals surface area contributed by atoms with E-state index in [1.54, 1.807) is 0 Å². The highest BCUT2D eigenvalue weighted by atomic mass is 32.1. The van der Waals surface area contributed by atoms with Gasteiger partial charge in [0.2, 0.25) is 0 Å². The van der Waals surface area contributed by atoms with E-state index in [1.807, 2.05) is 30.3 Å². The second-order valence-corrected chi connectivity index (χ2v) is 4.50. The van der Waals surface area contributed by atoms with Gasteiger partial charge in [-0.25, -0.2) is 4.68 Å². The summed E-state index contributed by atoms with van der Waals surface area (Å²) in [7, 11) is 0. The number of piperidine rings is 1. The molecular formula is C12H17N5S. The molecular weight excluding hydrogens is 246 g/mol. The topological polar surface area (TPSA) is 60.2 Å². The summed E-state index contributed by atoms with van der Waals surface area (Å²) in [4.78, 5) is 0. The van der Waals surface area contributed by atoms with Crippen LogP contribution in [0.2, 0.25) is 0 Å². The average Bonchev–Trinajstić information content (AvgIpc) is 2.89. The zero-order valence-corrected chi connectivity index (χ0v) is 11.0. The van der Waals surface area contributed by atoms with Gasteiger partial charge in [-0.1, -0.05) is 18.2 Å². The zero-order valence-electron chi connectivity index (χ0n) is 10.2. The quantitative estimate of drug-likeness (QED) is 0.752. The minimum atomic E-state index is 0.376. The predicted octanol–water partition coefficient (Wildman–Crippen LogP) is 0.302. The van der Waals surface area contributed by atoms with Crippen LogP contribution in [-0.4, -0.2) is 33.3 Å². The fourth-order valence-corrected chi connectivity index (χ4v) is 1.99. The Hall–Kier alpha value is -1.53. The van der Waals surface area contributed by atoms with Crippen molar-refractivity contribution in [1.82, 2.24) is 20.2 Å². The van der Waals surface area contributed by atoms with Crippen molar-refractivity contribution in [3.05, 3.63) is 30.3 Å². The van der Waals surface area contributed by atoms with Gasteiger partial charge in [0, 0.05) is 5.16 Å². The molecule has 1 fully saturated rings. The van der Waals surface area contributed by atoms with Crippen molar-refractivity contribution in [2.24, 2.45) is 0 Å². The maximum atomic E-state index is 4.89. The van der Waals surface area contributed by atoms with E-state index >= 15 is 0 Å². The van der Waals surface area contributed by atoms with Crippen LogP contribution in [0.25, 0.3) is 5.69 Å². The number of nitrogens with two attached hydrogens (primary N) is 1. The summed E-state index contributed by atoms with van der Waals surface area (Å²) in [5.41, 5.74) is 0.882. The van der Waals surface area contributed by atoms with Crippen LogP contribution in [0.1, 0.15) is 19.3 Å². The molecule has 0 atom stereocenters. The minimum Gasteiger partial charge on any atom is -0.738 e. The monoisotopic (exact) mass is 263 g/mol. The van der Waals surface area contributed by atoms with E-state index in [2.05, 4.69) is 20.8 Å². The number of aromatic nitrogens is 4. The third kappa shape index (κ3) is 3.75. The van der Waals surface area contributed by atoms with Crippen LogP contribution in [0.15, 0.2) is 35.5 Å². The second kappa shape index (κ2) is 7.03. The first kappa shape index (κ1) is 12.9. The Morgan fingerprint density at radius 3 is 2.22 bits per heavy atom. The molecule has 6 heteroatoms. The van der Waals surface area contributed by atoms with Crippen molar-refractivity contribution in [3.63, 3.8) is 0 Å². The van der Waals surface area contributed by atoms with Crippen molar-refractivity contribution >= 4 is 12.6 Å². The van der Waals surface area contributed by atoms with Gasteiger partial charge in [0.15, 0.2) is 0 Å². The van der Waals surface area contributed by atoms with Crippen LogP contribution in [0.3, 0.4) is 0 Å². The van der Waals surface area contributed by atoms with Gasteiger partial charge in [-0.05, 0) is 41.8 Å². The van der Waals surface area contributed by atoms with E-state index in [0.717, 1.165) is 5.69 Å². The average molecular weight is 263 g/mol. The second-order valence-electron chi connectivity index (χ2n) is 4.14. The summed E-state index contributed by atoms with van der Waals surface area (Å²) in [6.07, 6.45) is 4.36. The summed E-state index contributed by atoms with van der Waals surface area (Å²) in [6.45, 7) is 2.75. The Morgan fingerprint density at radius 2 is 1.78 bits per heavy atom. The van der Waals surface area contributed by atoms with Gasteiger partial charge in [-0.3, -0.25) is 0 Å². The number of hydrogen-bond donors (Lipinski definition) is 1. The molecule has 5 nitrogen and oxygen atoms in total. The van der Waals surface area contributed by atoms with Gasteiger partial charge < -0.3 is 17.9 Å². The highest BCUT2D eigenvalue weighted by molar-refractivity contribution is 7.58. The van der Waals surface area contributed by atoms with Crippen LogP contribution in [0.5, 0.6) is 0 Å². The van der Waals surface area contributed by atoms with Crippen LogP contribution in [-0.2, 0) is 12.6 Å². The molecule has 0 unspecified atom stereocenters. The van der Waals surface area contributed by atoms with Crippen molar-refractivity contribution < 1.29 is 5.32 Å². The smallest absolute Gasteiger partial charge is 0.0755 e. The molecule has 0 bridgehead atoms. The number of para-hydroxylation sites is 1. The summed E-state index contributed by atoms with van der Waals surface area (Å²) in [6, 6.07) is 9.53. The maximum Gasteiger partial charge on any atom is 0.0755 e. The molecule has 1 aromatic carbocycles. The van der Waals surface area contributed by atoms with Crippen LogP contribution in [0, 0.1) is 0 Å². The van der Waals surface area contributed by atoms with Gasteiger partial charge >= 0.3 is 0 Å². The fourth-order valence-electron chi connectivity index (χ4n) is 1.81. The van der Waals surface area contributed by atoms with Crippen LogP contribution < -0.4 is 5.32 Å². The number of quaternary nitrogens is 1. The number of hydrogen-bond acceptors (Lipinski definition) is 4. The van der Waals surface area contributed by atoms with E-state index in [-0.39, 0.29) is 0 Å². The molecule has 2 aromatic rings. The van der Waals surface area contributed by atoms with Gasteiger partial charge in [0.1, 0.15) is 0 Å². The largest absolute Gasteiger partial charge is 0.738 e. The SMILES string of the molecule is C1CC[NH2+]CC1.[S-]c1nnnn1-c1ccccc1. The molecule has 0 aliphatic carbocycles. The fraction of sp³-hybridized carbons (Fsp3) is 0.417. The first-order valence-corrected chi connectivity index (χ1v) is 6.61. The molecule has 0 radical (unpaired) electrons. The van der Waals surface area contributed by atoms with E-state index in [9.17, 15) is 0 Å².